The molecule has 0 atom stereocenters. The zero-order valence-electron chi connectivity index (χ0n) is 13.9. The van der Waals surface area contributed by atoms with Gasteiger partial charge in [0.05, 0.1) is 0 Å². The molecule has 3 rings (SSSR count). The number of rotatable bonds is 3. The normalized spacial score (nSPS) is 15.0. The molecule has 0 aliphatic carbocycles. The number of piperidine rings is 1. The van der Waals surface area contributed by atoms with E-state index in [2.05, 4.69) is 20.3 Å². The Hall–Kier alpha value is -3.03. The molecule has 0 aromatic carbocycles. The van der Waals surface area contributed by atoms with Crippen molar-refractivity contribution in [3.8, 4) is 0 Å². The summed E-state index contributed by atoms with van der Waals surface area (Å²) in [6, 6.07) is 6.37. The molecule has 1 aliphatic heterocycles. The summed E-state index contributed by atoms with van der Waals surface area (Å²) >= 11 is 0. The second-order valence-corrected chi connectivity index (χ2v) is 5.97. The lowest BCUT2D eigenvalue weighted by Crippen LogP contribution is -2.47. The molecule has 8 nitrogen and oxygen atoms in total. The third-order valence-corrected chi connectivity index (χ3v) is 4.09. The summed E-state index contributed by atoms with van der Waals surface area (Å²) in [7, 11) is 0. The summed E-state index contributed by atoms with van der Waals surface area (Å²) in [6.45, 7) is 2.71. The van der Waals surface area contributed by atoms with E-state index in [1.165, 1.54) is 6.07 Å². The van der Waals surface area contributed by atoms with Crippen molar-refractivity contribution in [2.75, 3.05) is 13.1 Å². The molecular formula is C17H19N5O3. The van der Waals surface area contributed by atoms with Gasteiger partial charge in [-0.1, -0.05) is 6.07 Å². The number of hydrogen-bond donors (Lipinski definition) is 2. The first-order valence-corrected chi connectivity index (χ1v) is 8.12. The molecule has 3 heterocycles. The first-order valence-electron chi connectivity index (χ1n) is 8.12. The van der Waals surface area contributed by atoms with Crippen molar-refractivity contribution in [1.29, 1.82) is 0 Å². The highest BCUT2D eigenvalue weighted by Gasteiger charge is 2.25. The van der Waals surface area contributed by atoms with E-state index in [4.69, 9.17) is 0 Å². The number of aromatic amines is 1. The van der Waals surface area contributed by atoms with Crippen molar-refractivity contribution in [2.45, 2.75) is 25.8 Å². The van der Waals surface area contributed by atoms with Gasteiger partial charge >= 0.3 is 0 Å². The van der Waals surface area contributed by atoms with E-state index in [1.54, 1.807) is 36.2 Å². The maximum Gasteiger partial charge on any atom is 0.272 e. The van der Waals surface area contributed by atoms with Gasteiger partial charge in [-0.25, -0.2) is 4.98 Å². The smallest absolute Gasteiger partial charge is 0.272 e. The molecule has 2 N–H and O–H groups in total. The SMILES string of the molecule is Cc1nc(C(=O)NC2CCN(C(=O)c3ccccn3)CC2)cc(=O)[nH]1. The van der Waals surface area contributed by atoms with Gasteiger partial charge in [0.2, 0.25) is 0 Å². The highest BCUT2D eigenvalue weighted by Crippen LogP contribution is 2.13. The number of aromatic nitrogens is 3. The van der Waals surface area contributed by atoms with Gasteiger partial charge in [-0.2, -0.15) is 0 Å². The summed E-state index contributed by atoms with van der Waals surface area (Å²) in [6.07, 6.45) is 2.88. The van der Waals surface area contributed by atoms with Crippen molar-refractivity contribution in [2.24, 2.45) is 0 Å². The fourth-order valence-corrected chi connectivity index (χ4v) is 2.83. The maximum absolute atomic E-state index is 12.4. The number of likely N-dealkylation sites (tertiary alicyclic amines) is 1. The molecule has 130 valence electrons. The Balaban J connectivity index is 1.56. The van der Waals surface area contributed by atoms with Gasteiger partial charge in [0.1, 0.15) is 17.2 Å². The Morgan fingerprint density at radius 3 is 2.64 bits per heavy atom. The second-order valence-electron chi connectivity index (χ2n) is 5.97. The Labute approximate surface area is 144 Å². The largest absolute Gasteiger partial charge is 0.348 e. The molecule has 1 fully saturated rings. The monoisotopic (exact) mass is 341 g/mol. The standard InChI is InChI=1S/C17H19N5O3/c1-11-19-14(10-15(23)20-11)16(24)21-12-5-8-22(9-6-12)17(25)13-4-2-3-7-18-13/h2-4,7,10,12H,5-6,8-9H2,1H3,(H,21,24)(H,19,20,23). The van der Waals surface area contributed by atoms with Crippen LogP contribution in [0.25, 0.3) is 0 Å². The van der Waals surface area contributed by atoms with E-state index < -0.39 is 0 Å². The van der Waals surface area contributed by atoms with E-state index >= 15 is 0 Å². The molecule has 2 aromatic heterocycles. The average Bonchev–Trinajstić information content (AvgIpc) is 2.61. The van der Waals surface area contributed by atoms with Crippen LogP contribution < -0.4 is 10.9 Å². The van der Waals surface area contributed by atoms with Gasteiger partial charge in [0.15, 0.2) is 0 Å². The molecule has 2 aromatic rings. The van der Waals surface area contributed by atoms with Crippen molar-refractivity contribution >= 4 is 11.8 Å². The average molecular weight is 341 g/mol. The number of aryl methyl sites for hydroxylation is 1. The molecule has 2 amide bonds. The van der Waals surface area contributed by atoms with Crippen LogP contribution in [0.3, 0.4) is 0 Å². The number of carbonyl (C=O) groups excluding carboxylic acids is 2. The van der Waals surface area contributed by atoms with Crippen LogP contribution in [0.2, 0.25) is 0 Å². The van der Waals surface area contributed by atoms with Crippen LogP contribution in [0.4, 0.5) is 0 Å². The Morgan fingerprint density at radius 2 is 2.00 bits per heavy atom. The fraction of sp³-hybridized carbons (Fsp3) is 0.353. The van der Waals surface area contributed by atoms with Crippen LogP contribution in [0.15, 0.2) is 35.3 Å². The van der Waals surface area contributed by atoms with Gasteiger partial charge in [-0.3, -0.25) is 19.4 Å². The molecule has 1 aliphatic rings. The summed E-state index contributed by atoms with van der Waals surface area (Å²) < 4.78 is 0. The number of nitrogens with zero attached hydrogens (tertiary/aromatic N) is 3. The molecule has 25 heavy (non-hydrogen) atoms. The van der Waals surface area contributed by atoms with Crippen molar-refractivity contribution in [1.82, 2.24) is 25.2 Å². The van der Waals surface area contributed by atoms with Crippen molar-refractivity contribution < 1.29 is 9.59 Å². The third-order valence-electron chi connectivity index (χ3n) is 4.09. The van der Waals surface area contributed by atoms with Crippen LogP contribution in [-0.2, 0) is 0 Å². The predicted octanol–water partition coefficient (Wildman–Crippen LogP) is 0.508. The molecule has 0 unspecified atom stereocenters. The minimum Gasteiger partial charge on any atom is -0.348 e. The molecule has 8 heteroatoms. The Bertz CT molecular complexity index is 826. The molecule has 0 spiro atoms. The van der Waals surface area contributed by atoms with E-state index in [0.29, 0.717) is 37.4 Å². The summed E-state index contributed by atoms with van der Waals surface area (Å²) in [5.74, 6) is -0.0746. The van der Waals surface area contributed by atoms with Gasteiger partial charge in [0, 0.05) is 31.4 Å². The molecule has 1 saturated heterocycles. The molecular weight excluding hydrogens is 322 g/mol. The number of pyridine rings is 1. The second kappa shape index (κ2) is 7.25. The van der Waals surface area contributed by atoms with Crippen LogP contribution >= 0.6 is 0 Å². The lowest BCUT2D eigenvalue weighted by atomic mass is 10.0. The topological polar surface area (TPSA) is 108 Å². The maximum atomic E-state index is 12.4. The number of carbonyl (C=O) groups is 2. The van der Waals surface area contributed by atoms with Crippen molar-refractivity contribution in [3.05, 3.63) is 58.0 Å². The molecule has 0 bridgehead atoms. The van der Waals surface area contributed by atoms with Crippen LogP contribution in [0.1, 0.15) is 39.6 Å². The number of nitrogens with one attached hydrogen (secondary N) is 2. The summed E-state index contributed by atoms with van der Waals surface area (Å²) in [5, 5.41) is 2.88. The lowest BCUT2D eigenvalue weighted by molar-refractivity contribution is 0.0692. The highest BCUT2D eigenvalue weighted by molar-refractivity contribution is 5.93. The van der Waals surface area contributed by atoms with Crippen LogP contribution in [0, 0.1) is 6.92 Å². The van der Waals surface area contributed by atoms with E-state index in [0.717, 1.165) is 0 Å². The number of H-pyrrole nitrogens is 1. The fourth-order valence-electron chi connectivity index (χ4n) is 2.83. The Kier molecular flexibility index (Phi) is 4.87. The highest BCUT2D eigenvalue weighted by atomic mass is 16.2. The van der Waals surface area contributed by atoms with Gasteiger partial charge < -0.3 is 15.2 Å². The Morgan fingerprint density at radius 1 is 1.24 bits per heavy atom. The van der Waals surface area contributed by atoms with E-state index in [9.17, 15) is 14.4 Å². The van der Waals surface area contributed by atoms with Gasteiger partial charge in [-0.15, -0.1) is 0 Å². The molecule has 0 saturated carbocycles. The zero-order valence-corrected chi connectivity index (χ0v) is 13.9. The number of hydrogen-bond acceptors (Lipinski definition) is 5. The lowest BCUT2D eigenvalue weighted by Gasteiger charge is -2.32. The minimum atomic E-state index is -0.372. The zero-order chi connectivity index (χ0) is 17.8. The van der Waals surface area contributed by atoms with Gasteiger partial charge in [-0.05, 0) is 31.9 Å². The number of amides is 2. The third kappa shape index (κ3) is 4.09. The van der Waals surface area contributed by atoms with Crippen LogP contribution in [0.5, 0.6) is 0 Å². The predicted molar refractivity (Wildman–Crippen MR) is 90.2 cm³/mol. The summed E-state index contributed by atoms with van der Waals surface area (Å²) in [4.78, 5) is 48.4. The molecule has 0 radical (unpaired) electrons. The first kappa shape index (κ1) is 16.8. The van der Waals surface area contributed by atoms with E-state index in [-0.39, 0.29) is 29.1 Å². The van der Waals surface area contributed by atoms with Crippen LogP contribution in [-0.4, -0.2) is 50.8 Å². The van der Waals surface area contributed by atoms with Crippen molar-refractivity contribution in [3.63, 3.8) is 0 Å². The van der Waals surface area contributed by atoms with Gasteiger partial charge in [0.25, 0.3) is 17.4 Å². The quantitative estimate of drug-likeness (QED) is 0.845. The first-order chi connectivity index (χ1) is 12.0. The summed E-state index contributed by atoms with van der Waals surface area (Å²) in [5.41, 5.74) is 0.176. The minimum absolute atomic E-state index is 0.0540. The van der Waals surface area contributed by atoms with E-state index in [1.807, 2.05) is 0 Å².